The van der Waals surface area contributed by atoms with Crippen molar-refractivity contribution in [3.05, 3.63) is 0 Å². The zero-order valence-corrected chi connectivity index (χ0v) is 15.4. The molecule has 0 aromatic heterocycles. The van der Waals surface area contributed by atoms with Crippen LogP contribution >= 0.6 is 7.74 Å². The summed E-state index contributed by atoms with van der Waals surface area (Å²) in [6, 6.07) is -1.91. The second-order valence-corrected chi connectivity index (χ2v) is 8.67. The van der Waals surface area contributed by atoms with Gasteiger partial charge in [0.25, 0.3) is 0 Å². The van der Waals surface area contributed by atoms with Crippen LogP contribution in [0.3, 0.4) is 0 Å². The fourth-order valence-electron chi connectivity index (χ4n) is 3.30. The van der Waals surface area contributed by atoms with Crippen LogP contribution in [0.2, 0.25) is 0 Å². The molecular weight excluding hydrogens is 369 g/mol. The number of ether oxygens (including phenoxy) is 4. The van der Waals surface area contributed by atoms with Crippen LogP contribution < -0.4 is 0 Å². The van der Waals surface area contributed by atoms with Gasteiger partial charge in [-0.2, -0.15) is 0 Å². The number of methoxy groups -OCH3 is 1. The molecule has 0 aliphatic carbocycles. The molecule has 8 atom stereocenters. The third-order valence-corrected chi connectivity index (χ3v) is 6.27. The van der Waals surface area contributed by atoms with Crippen LogP contribution in [0.25, 0.3) is 0 Å². The van der Waals surface area contributed by atoms with Crippen molar-refractivity contribution in [2.75, 3.05) is 26.9 Å². The summed E-state index contributed by atoms with van der Waals surface area (Å²) in [7, 11) is 7.50. The first-order valence-electron chi connectivity index (χ1n) is 8.32. The number of rotatable bonds is 7. The quantitative estimate of drug-likeness (QED) is 0.334. The van der Waals surface area contributed by atoms with Crippen LogP contribution in [0, 0.1) is 0 Å². The number of aliphatic hydroxyl groups is 1. The molecule has 3 heterocycles. The third-order valence-electron chi connectivity index (χ3n) is 4.47. The van der Waals surface area contributed by atoms with Gasteiger partial charge >= 0.3 is 153 Å². The van der Waals surface area contributed by atoms with Crippen molar-refractivity contribution in [1.82, 2.24) is 0 Å². The van der Waals surface area contributed by atoms with E-state index in [0.29, 0.717) is 6.61 Å². The average Bonchev–Trinajstić information content (AvgIpc) is 3.12. The van der Waals surface area contributed by atoms with Gasteiger partial charge in [0.05, 0.1) is 0 Å². The van der Waals surface area contributed by atoms with E-state index in [-0.39, 0.29) is 13.2 Å². The molecule has 0 bridgehead atoms. The molecule has 3 rings (SSSR count). The predicted molar refractivity (Wildman–Crippen MR) is 89.2 cm³/mol. The Morgan fingerprint density at radius 2 is 1.65 bits per heavy atom. The molecule has 146 valence electrons. The first-order chi connectivity index (χ1) is 12.2. The second kappa shape index (κ2) is 7.53. The Hall–Kier alpha value is 0.160. The zero-order chi connectivity index (χ0) is 19.1. The number of hydrogen-bond donors (Lipinski definition) is 3. The Balaban J connectivity index is 1.65. The summed E-state index contributed by atoms with van der Waals surface area (Å²) >= 11 is 0. The second-order valence-electron chi connectivity index (χ2n) is 6.38. The van der Waals surface area contributed by atoms with Gasteiger partial charge in [0.1, 0.15) is 0 Å². The van der Waals surface area contributed by atoms with Crippen LogP contribution in [-0.4, -0.2) is 106 Å². The van der Waals surface area contributed by atoms with E-state index in [9.17, 15) is 14.9 Å². The molecular formula is C13H23B2O10P. The number of hydrogen-bond acceptors (Lipinski definition) is 10. The van der Waals surface area contributed by atoms with Gasteiger partial charge in [-0.25, -0.2) is 0 Å². The molecule has 10 nitrogen and oxygen atoms in total. The summed E-state index contributed by atoms with van der Waals surface area (Å²) in [5, 5.41) is 9.98. The van der Waals surface area contributed by atoms with Gasteiger partial charge in [-0.3, -0.25) is 0 Å². The van der Waals surface area contributed by atoms with Crippen LogP contribution in [-0.2, 0) is 32.5 Å². The van der Waals surface area contributed by atoms with Crippen molar-refractivity contribution in [2.45, 2.75) is 55.6 Å². The van der Waals surface area contributed by atoms with Gasteiger partial charge in [-0.15, -0.1) is 0 Å². The minimum atomic E-state index is -5.42. The van der Waals surface area contributed by atoms with Gasteiger partial charge in [-0.05, 0) is 0 Å². The molecule has 0 amide bonds. The van der Waals surface area contributed by atoms with Crippen molar-refractivity contribution in [3.63, 3.8) is 0 Å². The van der Waals surface area contributed by atoms with E-state index in [1.54, 1.807) is 6.92 Å². The number of fused-ring (bicyclic) bond motifs is 1. The van der Waals surface area contributed by atoms with Gasteiger partial charge in [0.2, 0.25) is 0 Å². The van der Waals surface area contributed by atoms with Gasteiger partial charge < -0.3 is 0 Å². The summed E-state index contributed by atoms with van der Waals surface area (Å²) < 4.78 is 37.0. The van der Waals surface area contributed by atoms with Gasteiger partial charge in [0.15, 0.2) is 0 Å². The van der Waals surface area contributed by atoms with E-state index in [2.05, 4.69) is 0 Å². The van der Waals surface area contributed by atoms with E-state index in [0.717, 1.165) is 0 Å². The van der Waals surface area contributed by atoms with Crippen molar-refractivity contribution < 1.29 is 47.4 Å². The van der Waals surface area contributed by atoms with Gasteiger partial charge in [-0.1, -0.05) is 0 Å². The normalized spacial score (nSPS) is 48.1. The van der Waals surface area contributed by atoms with Crippen LogP contribution in [0.4, 0.5) is 0 Å². The monoisotopic (exact) mass is 392 g/mol. The Morgan fingerprint density at radius 1 is 1.00 bits per heavy atom. The van der Waals surface area contributed by atoms with E-state index in [1.165, 1.54) is 7.11 Å². The molecule has 3 aliphatic rings. The Kier molecular flexibility index (Phi) is 6.05. The molecule has 3 fully saturated rings. The summed E-state index contributed by atoms with van der Waals surface area (Å²) in [5.41, 5.74) is 0. The SMILES string of the molecule is [B][C@@H]1O[C@H](COP2(O)(O)OC3C(O2)[C@@H](COC)O[C@H]3[B])C(OCC)C1O. The molecule has 0 aromatic rings. The zero-order valence-electron chi connectivity index (χ0n) is 14.5. The molecule has 0 aromatic carbocycles. The predicted octanol–water partition coefficient (Wildman–Crippen LogP) is -1.90. The number of aliphatic hydroxyl groups excluding tert-OH is 1. The maximum absolute atomic E-state index is 10.6. The molecule has 3 saturated heterocycles. The first-order valence-corrected chi connectivity index (χ1v) is 10.2. The summed E-state index contributed by atoms with van der Waals surface area (Å²) in [4.78, 5) is 21.1. The maximum atomic E-state index is 10.6. The van der Waals surface area contributed by atoms with Crippen molar-refractivity contribution in [2.24, 2.45) is 0 Å². The molecule has 26 heavy (non-hydrogen) atoms. The van der Waals surface area contributed by atoms with E-state index >= 15 is 0 Å². The molecule has 4 radical (unpaired) electrons. The third kappa shape index (κ3) is 3.97. The standard InChI is InChI=1S/C13H23B2O10P/c1-3-20-9-7(22-12(14)8(9)16)5-21-26(17,18)24-10-6(4-19-2)23-13(15)11(10)25-26/h6-13,16-18H,3-5H2,1-2H3/t6-,7-,8?,9?,10?,11?,12-,13-/m1/s1. The van der Waals surface area contributed by atoms with E-state index in [4.69, 9.17) is 48.2 Å². The first kappa shape index (κ1) is 20.9. The van der Waals surface area contributed by atoms with Gasteiger partial charge in [0, 0.05) is 0 Å². The molecule has 13 heteroatoms. The molecule has 3 aliphatic heterocycles. The van der Waals surface area contributed by atoms with Crippen LogP contribution in [0.1, 0.15) is 6.92 Å². The summed E-state index contributed by atoms with van der Waals surface area (Å²) in [6.07, 6.45) is -5.14. The van der Waals surface area contributed by atoms with Crippen LogP contribution in [0.15, 0.2) is 0 Å². The molecule has 3 N–H and O–H groups in total. The summed E-state index contributed by atoms with van der Waals surface area (Å²) in [5.74, 6) is 0. The average molecular weight is 392 g/mol. The molecule has 4 unspecified atom stereocenters. The van der Waals surface area contributed by atoms with Crippen molar-refractivity contribution in [3.8, 4) is 0 Å². The van der Waals surface area contributed by atoms with Crippen molar-refractivity contribution in [1.29, 1.82) is 0 Å². The van der Waals surface area contributed by atoms with Crippen molar-refractivity contribution >= 4 is 23.4 Å². The fourth-order valence-corrected chi connectivity index (χ4v) is 5.21. The Bertz CT molecular complexity index is 513. The van der Waals surface area contributed by atoms with E-state index < -0.39 is 56.4 Å². The minimum absolute atomic E-state index is 0.129. The fraction of sp³-hybridized carbons (Fsp3) is 1.00. The van der Waals surface area contributed by atoms with E-state index in [1.807, 2.05) is 0 Å². The molecule has 0 spiro atoms. The van der Waals surface area contributed by atoms with Crippen LogP contribution in [0.5, 0.6) is 0 Å². The summed E-state index contributed by atoms with van der Waals surface area (Å²) in [6.45, 7) is 1.79. The Labute approximate surface area is 154 Å². The Morgan fingerprint density at radius 3 is 2.31 bits per heavy atom. The molecule has 0 saturated carbocycles. The topological polar surface area (TPSA) is 125 Å².